The molecule has 2 aromatic carbocycles. The summed E-state index contributed by atoms with van der Waals surface area (Å²) in [6.45, 7) is 6.18. The Bertz CT molecular complexity index is 1220. The molecule has 0 aliphatic rings. The van der Waals surface area contributed by atoms with E-state index in [0.717, 1.165) is 10.5 Å². The van der Waals surface area contributed by atoms with Gasteiger partial charge >= 0.3 is 6.09 Å². The minimum atomic E-state index is -1.37. The predicted octanol–water partition coefficient (Wildman–Crippen LogP) is 2.89. The number of carbonyl (C=O) groups excluding carboxylic acids is 4. The summed E-state index contributed by atoms with van der Waals surface area (Å²) in [6, 6.07) is 11.9. The number of carbonyl (C=O) groups is 4. The second-order valence-corrected chi connectivity index (χ2v) is 9.63. The Morgan fingerprint density at radius 2 is 1.82 bits per heavy atom. The summed E-state index contributed by atoms with van der Waals surface area (Å²) in [4.78, 5) is 52.4. The maximum atomic E-state index is 13.8. The fourth-order valence-electron chi connectivity index (χ4n) is 3.65. The number of anilines is 1. The van der Waals surface area contributed by atoms with Crippen molar-refractivity contribution in [3.63, 3.8) is 0 Å². The lowest BCUT2D eigenvalue weighted by atomic mass is 10.0. The SMILES string of the molecule is Cc1ccccc1NC(=O)C(c1cccc(O)c1)N(CC#N)C(=O)C(CCC(N)=O)NC(=O)OC(C)(C)C. The van der Waals surface area contributed by atoms with E-state index in [1.54, 1.807) is 52.0 Å². The topological polar surface area (TPSA) is 175 Å². The number of nitrogens with zero attached hydrogens (tertiary/aromatic N) is 2. The smallest absolute Gasteiger partial charge is 0.408 e. The Kier molecular flexibility index (Phi) is 10.2. The van der Waals surface area contributed by atoms with Crippen LogP contribution in [0.5, 0.6) is 5.75 Å². The molecule has 0 radical (unpaired) electrons. The van der Waals surface area contributed by atoms with Gasteiger partial charge in [0.25, 0.3) is 5.91 Å². The molecule has 0 saturated carbocycles. The van der Waals surface area contributed by atoms with E-state index in [0.29, 0.717) is 5.69 Å². The first-order valence-corrected chi connectivity index (χ1v) is 11.9. The van der Waals surface area contributed by atoms with Crippen LogP contribution in [-0.4, -0.2) is 52.0 Å². The Hall–Kier alpha value is -4.59. The number of ether oxygens (including phenoxy) is 1. The Morgan fingerprint density at radius 1 is 1.13 bits per heavy atom. The zero-order chi connectivity index (χ0) is 28.5. The van der Waals surface area contributed by atoms with Crippen LogP contribution in [-0.2, 0) is 19.1 Å². The molecule has 0 heterocycles. The van der Waals surface area contributed by atoms with E-state index in [1.165, 1.54) is 24.3 Å². The van der Waals surface area contributed by atoms with Crippen molar-refractivity contribution in [2.45, 2.75) is 58.2 Å². The molecule has 5 N–H and O–H groups in total. The minimum Gasteiger partial charge on any atom is -0.508 e. The zero-order valence-electron chi connectivity index (χ0n) is 21.9. The van der Waals surface area contributed by atoms with Gasteiger partial charge in [-0.2, -0.15) is 5.26 Å². The number of hydrogen-bond acceptors (Lipinski definition) is 7. The van der Waals surface area contributed by atoms with Crippen molar-refractivity contribution in [1.82, 2.24) is 10.2 Å². The van der Waals surface area contributed by atoms with Gasteiger partial charge in [0, 0.05) is 12.1 Å². The number of nitrogens with one attached hydrogen (secondary N) is 2. The largest absolute Gasteiger partial charge is 0.508 e. The summed E-state index contributed by atoms with van der Waals surface area (Å²) < 4.78 is 5.25. The molecule has 2 atom stereocenters. The van der Waals surface area contributed by atoms with Crippen LogP contribution in [0, 0.1) is 18.3 Å². The lowest BCUT2D eigenvalue weighted by Gasteiger charge is -2.33. The van der Waals surface area contributed by atoms with E-state index in [-0.39, 0.29) is 24.2 Å². The highest BCUT2D eigenvalue weighted by atomic mass is 16.6. The van der Waals surface area contributed by atoms with Crippen LogP contribution in [0.25, 0.3) is 0 Å². The van der Waals surface area contributed by atoms with E-state index >= 15 is 0 Å². The third-order valence-corrected chi connectivity index (χ3v) is 5.34. The molecule has 0 spiro atoms. The van der Waals surface area contributed by atoms with E-state index in [4.69, 9.17) is 10.5 Å². The molecule has 4 amide bonds. The third-order valence-electron chi connectivity index (χ3n) is 5.34. The van der Waals surface area contributed by atoms with Gasteiger partial charge in [-0.05, 0) is 63.4 Å². The monoisotopic (exact) mass is 523 g/mol. The van der Waals surface area contributed by atoms with Crippen molar-refractivity contribution in [2.75, 3.05) is 11.9 Å². The second-order valence-electron chi connectivity index (χ2n) is 9.63. The predicted molar refractivity (Wildman–Crippen MR) is 140 cm³/mol. The first kappa shape index (κ1) is 29.6. The number of aromatic hydroxyl groups is 1. The maximum Gasteiger partial charge on any atom is 0.408 e. The summed E-state index contributed by atoms with van der Waals surface area (Å²) in [5.41, 5.74) is 5.88. The molecule has 0 saturated heterocycles. The van der Waals surface area contributed by atoms with Gasteiger partial charge in [0.2, 0.25) is 11.8 Å². The molecule has 2 unspecified atom stereocenters. The van der Waals surface area contributed by atoms with Crippen molar-refractivity contribution in [3.8, 4) is 11.8 Å². The highest BCUT2D eigenvalue weighted by molar-refractivity contribution is 5.99. The van der Waals surface area contributed by atoms with Gasteiger partial charge in [-0.25, -0.2) is 4.79 Å². The molecule has 11 nitrogen and oxygen atoms in total. The number of amides is 4. The molecular formula is C27H33N5O6. The molecule has 0 aliphatic heterocycles. The first-order chi connectivity index (χ1) is 17.8. The Morgan fingerprint density at radius 3 is 2.39 bits per heavy atom. The van der Waals surface area contributed by atoms with Crippen LogP contribution >= 0.6 is 0 Å². The fourth-order valence-corrected chi connectivity index (χ4v) is 3.65. The van der Waals surface area contributed by atoms with Gasteiger partial charge in [0.05, 0.1) is 6.07 Å². The van der Waals surface area contributed by atoms with Gasteiger partial charge in [-0.1, -0.05) is 30.3 Å². The molecule has 38 heavy (non-hydrogen) atoms. The number of benzene rings is 2. The van der Waals surface area contributed by atoms with Gasteiger partial charge in [-0.3, -0.25) is 14.4 Å². The molecule has 0 aliphatic carbocycles. The fraction of sp³-hybridized carbons (Fsp3) is 0.370. The lowest BCUT2D eigenvalue weighted by molar-refractivity contribution is -0.140. The first-order valence-electron chi connectivity index (χ1n) is 11.9. The number of para-hydroxylation sites is 1. The Labute approximate surface area is 221 Å². The molecule has 0 fully saturated rings. The van der Waals surface area contributed by atoms with Crippen LogP contribution in [0.15, 0.2) is 48.5 Å². The van der Waals surface area contributed by atoms with Crippen LogP contribution < -0.4 is 16.4 Å². The van der Waals surface area contributed by atoms with E-state index in [1.807, 2.05) is 6.07 Å². The highest BCUT2D eigenvalue weighted by Crippen LogP contribution is 2.27. The second kappa shape index (κ2) is 13.1. The van der Waals surface area contributed by atoms with E-state index in [9.17, 15) is 29.5 Å². The molecule has 0 aromatic heterocycles. The standard InChI is InChI=1S/C27H33N5O6/c1-17-8-5-6-11-20(17)30-24(35)23(18-9-7-10-19(33)16-18)32(15-14-28)25(36)21(12-13-22(29)34)31-26(37)38-27(2,3)4/h5-11,16,21,23,33H,12-13,15H2,1-4H3,(H2,29,34)(H,30,35)(H,31,37). The van der Waals surface area contributed by atoms with Gasteiger partial charge < -0.3 is 31.1 Å². The number of nitriles is 1. The number of rotatable bonds is 10. The number of nitrogens with two attached hydrogens (primary N) is 1. The number of alkyl carbamates (subject to hydrolysis) is 1. The summed E-state index contributed by atoms with van der Waals surface area (Å²) in [7, 11) is 0. The van der Waals surface area contributed by atoms with Crippen molar-refractivity contribution in [1.29, 1.82) is 5.26 Å². The van der Waals surface area contributed by atoms with E-state index < -0.39 is 48.0 Å². The number of primary amides is 1. The summed E-state index contributed by atoms with van der Waals surface area (Å²) in [5.74, 6) is -2.33. The van der Waals surface area contributed by atoms with Gasteiger partial charge in [0.15, 0.2) is 0 Å². The molecular weight excluding hydrogens is 490 g/mol. The number of hydrogen-bond donors (Lipinski definition) is 4. The zero-order valence-corrected chi connectivity index (χ0v) is 21.9. The van der Waals surface area contributed by atoms with Crippen molar-refractivity contribution < 1.29 is 29.0 Å². The van der Waals surface area contributed by atoms with E-state index in [2.05, 4.69) is 10.6 Å². The summed E-state index contributed by atoms with van der Waals surface area (Å²) in [6.07, 6.45) is -1.36. The summed E-state index contributed by atoms with van der Waals surface area (Å²) >= 11 is 0. The van der Waals surface area contributed by atoms with Gasteiger partial charge in [0.1, 0.15) is 30.0 Å². The van der Waals surface area contributed by atoms with Crippen molar-refractivity contribution >= 4 is 29.5 Å². The number of phenolic OH excluding ortho intramolecular Hbond substituents is 1. The molecule has 2 rings (SSSR count). The van der Waals surface area contributed by atoms with Crippen molar-refractivity contribution in [2.24, 2.45) is 5.73 Å². The van der Waals surface area contributed by atoms with Crippen LogP contribution in [0.1, 0.15) is 50.8 Å². The van der Waals surface area contributed by atoms with Crippen molar-refractivity contribution in [3.05, 3.63) is 59.7 Å². The summed E-state index contributed by atoms with van der Waals surface area (Å²) in [5, 5.41) is 24.9. The maximum absolute atomic E-state index is 13.8. The third kappa shape index (κ3) is 8.81. The highest BCUT2D eigenvalue weighted by Gasteiger charge is 2.36. The average Bonchev–Trinajstić information content (AvgIpc) is 2.81. The normalized spacial score (nSPS) is 12.4. The van der Waals surface area contributed by atoms with Gasteiger partial charge in [-0.15, -0.1) is 0 Å². The minimum absolute atomic E-state index is 0.155. The van der Waals surface area contributed by atoms with Crippen LogP contribution in [0.3, 0.4) is 0 Å². The molecule has 202 valence electrons. The molecule has 2 aromatic rings. The average molecular weight is 524 g/mol. The lowest BCUT2D eigenvalue weighted by Crippen LogP contribution is -2.52. The number of phenols is 1. The molecule has 11 heteroatoms. The quantitative estimate of drug-likeness (QED) is 0.346. The van der Waals surface area contributed by atoms with Crippen LogP contribution in [0.2, 0.25) is 0 Å². The van der Waals surface area contributed by atoms with Crippen LogP contribution in [0.4, 0.5) is 10.5 Å². The molecule has 0 bridgehead atoms. The number of aryl methyl sites for hydroxylation is 1. The Balaban J connectivity index is 2.52.